The molecule has 0 unspecified atom stereocenters. The molecule has 0 saturated heterocycles. The monoisotopic (exact) mass is 526 g/mol. The van der Waals surface area contributed by atoms with Crippen molar-refractivity contribution in [1.29, 1.82) is 0 Å². The molecule has 11 nitrogen and oxygen atoms in total. The topological polar surface area (TPSA) is 193 Å². The van der Waals surface area contributed by atoms with Crippen molar-refractivity contribution in [2.75, 3.05) is 0 Å². The number of hydrogen-bond acceptors (Lipinski definition) is 9. The molecular formula is C20H14O11S3. The molecule has 14 heteroatoms. The van der Waals surface area contributed by atoms with Gasteiger partial charge in [0.05, 0.1) is 9.79 Å². The summed E-state index contributed by atoms with van der Waals surface area (Å²) in [4.78, 5) is -1.74. The van der Waals surface area contributed by atoms with Gasteiger partial charge in [0.15, 0.2) is 11.5 Å². The van der Waals surface area contributed by atoms with Crippen molar-refractivity contribution in [2.45, 2.75) is 14.7 Å². The summed E-state index contributed by atoms with van der Waals surface area (Å²) >= 11 is 0. The number of benzene rings is 4. The van der Waals surface area contributed by atoms with Gasteiger partial charge in [-0.1, -0.05) is 12.1 Å². The lowest BCUT2D eigenvalue weighted by atomic mass is 10.1. The first kappa shape index (κ1) is 23.7. The molecule has 0 saturated carbocycles. The molecule has 0 amide bonds. The molecule has 0 aromatic heterocycles. The molecule has 4 rings (SSSR count). The van der Waals surface area contributed by atoms with Crippen LogP contribution in [0.3, 0.4) is 0 Å². The Bertz CT molecular complexity index is 1810. The predicted octanol–water partition coefficient (Wildman–Crippen LogP) is 2.67. The van der Waals surface area contributed by atoms with E-state index in [1.54, 1.807) is 0 Å². The van der Waals surface area contributed by atoms with E-state index in [2.05, 4.69) is 0 Å². The molecule has 0 aliphatic rings. The maximum absolute atomic E-state index is 12.9. The van der Waals surface area contributed by atoms with Gasteiger partial charge in [-0.25, -0.2) is 0 Å². The summed E-state index contributed by atoms with van der Waals surface area (Å²) in [5.74, 6) is -1.96. The van der Waals surface area contributed by atoms with Gasteiger partial charge >= 0.3 is 10.1 Å². The van der Waals surface area contributed by atoms with E-state index < -0.39 is 62.3 Å². The van der Waals surface area contributed by atoms with Crippen molar-refractivity contribution >= 4 is 51.9 Å². The number of rotatable bonds is 5. The zero-order chi connectivity index (χ0) is 25.1. The molecule has 0 atom stereocenters. The van der Waals surface area contributed by atoms with Gasteiger partial charge in [-0.05, 0) is 70.1 Å². The van der Waals surface area contributed by atoms with Gasteiger partial charge < -0.3 is 14.4 Å². The van der Waals surface area contributed by atoms with Crippen LogP contribution in [0, 0.1) is 0 Å². The number of phenols is 2. The minimum Gasteiger partial charge on any atom is -0.506 e. The first-order chi connectivity index (χ1) is 15.6. The molecule has 4 N–H and O–H groups in total. The lowest BCUT2D eigenvalue weighted by Crippen LogP contribution is -2.10. The first-order valence-electron chi connectivity index (χ1n) is 9.08. The van der Waals surface area contributed by atoms with Crippen molar-refractivity contribution in [3.8, 4) is 17.2 Å². The van der Waals surface area contributed by atoms with Crippen LogP contribution in [0.25, 0.3) is 21.5 Å². The normalized spacial score (nSPS) is 12.8. The molecule has 0 bridgehead atoms. The molecule has 0 aliphatic heterocycles. The van der Waals surface area contributed by atoms with Gasteiger partial charge in [0.25, 0.3) is 20.2 Å². The second-order valence-corrected chi connectivity index (χ2v) is 11.5. The van der Waals surface area contributed by atoms with Crippen LogP contribution >= 0.6 is 0 Å². The van der Waals surface area contributed by atoms with Crippen molar-refractivity contribution in [3.05, 3.63) is 60.7 Å². The Hall–Kier alpha value is -3.43. The van der Waals surface area contributed by atoms with E-state index in [1.165, 1.54) is 12.1 Å². The number of hydrogen-bond donors (Lipinski definition) is 4. The van der Waals surface area contributed by atoms with Crippen molar-refractivity contribution in [3.63, 3.8) is 0 Å². The molecular weight excluding hydrogens is 512 g/mol. The smallest absolute Gasteiger partial charge is 0.343 e. The molecule has 0 radical (unpaired) electrons. The predicted molar refractivity (Wildman–Crippen MR) is 119 cm³/mol. The fourth-order valence-corrected chi connectivity index (χ4v) is 5.31. The van der Waals surface area contributed by atoms with E-state index in [1.807, 2.05) is 0 Å². The molecule has 178 valence electrons. The van der Waals surface area contributed by atoms with E-state index in [0.29, 0.717) is 5.39 Å². The quantitative estimate of drug-likeness (QED) is 0.221. The largest absolute Gasteiger partial charge is 0.506 e. The molecule has 4 aromatic rings. The summed E-state index contributed by atoms with van der Waals surface area (Å²) in [5, 5.41) is 21.1. The Morgan fingerprint density at radius 2 is 1.03 bits per heavy atom. The molecule has 0 heterocycles. The van der Waals surface area contributed by atoms with Crippen LogP contribution in [0.4, 0.5) is 0 Å². The summed E-state index contributed by atoms with van der Waals surface area (Å²) in [7, 11) is -13.9. The molecule has 34 heavy (non-hydrogen) atoms. The first-order valence-corrected chi connectivity index (χ1v) is 13.4. The summed E-state index contributed by atoms with van der Waals surface area (Å²) in [6.45, 7) is 0. The van der Waals surface area contributed by atoms with Gasteiger partial charge in [-0.15, -0.1) is 0 Å². The van der Waals surface area contributed by atoms with E-state index in [9.17, 15) is 44.6 Å². The molecule has 4 aromatic carbocycles. The summed E-state index contributed by atoms with van der Waals surface area (Å²) in [5.41, 5.74) is 0. The Morgan fingerprint density at radius 3 is 1.53 bits per heavy atom. The standard InChI is InChI=1S/C20H14O11S3/c21-17-7-11-1-3-15(32(23,24)25)5-13(11)9-19(17)31-34(29,30)20-10-14-6-16(33(26,27)28)4-2-12(14)8-18(20)22/h1-10,21-22H,(H,23,24,25)(H,26,27,28). The highest BCUT2D eigenvalue weighted by Gasteiger charge is 2.24. The van der Waals surface area contributed by atoms with Gasteiger partial charge in [0, 0.05) is 0 Å². The third kappa shape index (κ3) is 4.49. The van der Waals surface area contributed by atoms with E-state index in [-0.39, 0.29) is 16.2 Å². The minimum atomic E-state index is -4.80. The van der Waals surface area contributed by atoms with Crippen molar-refractivity contribution < 1.29 is 48.8 Å². The van der Waals surface area contributed by atoms with Crippen molar-refractivity contribution in [2.24, 2.45) is 0 Å². The van der Waals surface area contributed by atoms with E-state index in [4.69, 9.17) is 4.18 Å². The zero-order valence-electron chi connectivity index (χ0n) is 16.6. The molecule has 0 spiro atoms. The Labute approximate surface area is 193 Å². The second-order valence-electron chi connectivity index (χ2n) is 7.15. The lowest BCUT2D eigenvalue weighted by Gasteiger charge is -2.12. The number of aromatic hydroxyl groups is 2. The van der Waals surface area contributed by atoms with Gasteiger partial charge in [-0.3, -0.25) is 9.11 Å². The Balaban J connectivity index is 1.82. The van der Waals surface area contributed by atoms with Crippen LogP contribution in [-0.2, 0) is 30.4 Å². The van der Waals surface area contributed by atoms with Crippen LogP contribution in [0.2, 0.25) is 0 Å². The Kier molecular flexibility index (Phi) is 5.45. The van der Waals surface area contributed by atoms with Crippen LogP contribution in [0.1, 0.15) is 0 Å². The number of fused-ring (bicyclic) bond motifs is 2. The highest BCUT2D eigenvalue weighted by Crippen LogP contribution is 2.37. The number of phenolic OH excluding ortho intramolecular Hbond substituents is 2. The maximum atomic E-state index is 12.9. The summed E-state index contributed by atoms with van der Waals surface area (Å²) in [6, 6.07) is 10.8. The summed E-state index contributed by atoms with van der Waals surface area (Å²) in [6.07, 6.45) is 0. The third-order valence-electron chi connectivity index (χ3n) is 4.84. The highest BCUT2D eigenvalue weighted by atomic mass is 32.2. The van der Waals surface area contributed by atoms with E-state index in [0.717, 1.165) is 48.5 Å². The van der Waals surface area contributed by atoms with Crippen LogP contribution in [0.5, 0.6) is 17.2 Å². The van der Waals surface area contributed by atoms with Crippen LogP contribution < -0.4 is 4.18 Å². The molecule has 0 fully saturated rings. The highest BCUT2D eigenvalue weighted by molar-refractivity contribution is 7.87. The summed E-state index contributed by atoms with van der Waals surface area (Å²) < 4.78 is 94.6. The maximum Gasteiger partial charge on any atom is 0.343 e. The average Bonchev–Trinajstić information content (AvgIpc) is 2.71. The van der Waals surface area contributed by atoms with Crippen LogP contribution in [0.15, 0.2) is 75.4 Å². The molecule has 0 aliphatic carbocycles. The SMILES string of the molecule is O=S(=O)(O)c1ccc2cc(O)c(OS(=O)(=O)c3cc4cc(S(=O)(=O)O)ccc4cc3O)cc2c1. The van der Waals surface area contributed by atoms with Crippen molar-refractivity contribution in [1.82, 2.24) is 0 Å². The zero-order valence-corrected chi connectivity index (χ0v) is 19.1. The second kappa shape index (κ2) is 7.82. The van der Waals surface area contributed by atoms with Gasteiger partial charge in [-0.2, -0.15) is 25.3 Å². The van der Waals surface area contributed by atoms with E-state index >= 15 is 0 Å². The third-order valence-corrected chi connectivity index (χ3v) is 7.81. The van der Waals surface area contributed by atoms with Gasteiger partial charge in [0.2, 0.25) is 0 Å². The Morgan fingerprint density at radius 1 is 0.559 bits per heavy atom. The fraction of sp³-hybridized carbons (Fsp3) is 0. The fourth-order valence-electron chi connectivity index (χ4n) is 3.24. The van der Waals surface area contributed by atoms with Gasteiger partial charge in [0.1, 0.15) is 10.6 Å². The average molecular weight is 527 g/mol. The lowest BCUT2D eigenvalue weighted by molar-refractivity contribution is 0.422. The van der Waals surface area contributed by atoms with Crippen LogP contribution in [-0.4, -0.2) is 44.6 Å². The minimum absolute atomic E-state index is 0.0376.